The first-order valence-corrected chi connectivity index (χ1v) is 14.2. The minimum absolute atomic E-state index is 0.0147. The molecule has 2 saturated heterocycles. The summed E-state index contributed by atoms with van der Waals surface area (Å²) in [5.41, 5.74) is 0.136. The van der Waals surface area contributed by atoms with Gasteiger partial charge in [-0.05, 0) is 61.6 Å². The SMILES string of the molecule is CC(=O)NC1CCN(C(=O)C[C@]2(COc3cc(C)c(Cl)c(C)c3)CN(Cc3ccccc3C(F)(F)F)CCO2)CC1. The van der Waals surface area contributed by atoms with Gasteiger partial charge in [-0.25, -0.2) is 0 Å². The summed E-state index contributed by atoms with van der Waals surface area (Å²) in [5.74, 6) is 0.368. The van der Waals surface area contributed by atoms with Crippen LogP contribution in [0.1, 0.15) is 48.4 Å². The quantitative estimate of drug-likeness (QED) is 0.458. The molecule has 1 atom stereocenters. The standard InChI is InChI=1S/C30H37ClF3N3O4/c1-20-14-25(15-21(2)28(20)31)40-19-29(16-27(39)37-10-8-24(9-11-37)35-22(3)38)18-36(12-13-41-29)17-23-6-4-5-7-26(23)30(32,33)34/h4-7,14-15,24H,8-13,16-19H2,1-3H3,(H,35,38)/t29-/m1/s1. The number of amides is 2. The molecule has 2 aliphatic heterocycles. The number of carbonyl (C=O) groups excluding carboxylic acids is 2. The highest BCUT2D eigenvalue weighted by Crippen LogP contribution is 2.34. The number of rotatable bonds is 8. The minimum Gasteiger partial charge on any atom is -0.490 e. The van der Waals surface area contributed by atoms with Crippen molar-refractivity contribution in [3.63, 3.8) is 0 Å². The maximum atomic E-state index is 13.7. The lowest BCUT2D eigenvalue weighted by Gasteiger charge is -2.43. The van der Waals surface area contributed by atoms with E-state index in [2.05, 4.69) is 5.32 Å². The molecule has 0 bridgehead atoms. The van der Waals surface area contributed by atoms with Crippen molar-refractivity contribution < 1.29 is 32.2 Å². The monoisotopic (exact) mass is 595 g/mol. The number of nitrogens with one attached hydrogen (secondary N) is 1. The van der Waals surface area contributed by atoms with Crippen molar-refractivity contribution >= 4 is 23.4 Å². The minimum atomic E-state index is -4.47. The molecule has 2 fully saturated rings. The zero-order chi connectivity index (χ0) is 29.8. The summed E-state index contributed by atoms with van der Waals surface area (Å²) in [7, 11) is 0. The summed E-state index contributed by atoms with van der Waals surface area (Å²) >= 11 is 6.32. The number of nitrogens with zero attached hydrogens (tertiary/aromatic N) is 2. The van der Waals surface area contributed by atoms with Crippen molar-refractivity contribution in [2.75, 3.05) is 39.4 Å². The molecule has 2 amide bonds. The van der Waals surface area contributed by atoms with Crippen LogP contribution in [-0.2, 0) is 27.0 Å². The fourth-order valence-electron chi connectivity index (χ4n) is 5.63. The third-order valence-electron chi connectivity index (χ3n) is 7.68. The second-order valence-corrected chi connectivity index (χ2v) is 11.5. The second-order valence-electron chi connectivity index (χ2n) is 11.1. The van der Waals surface area contributed by atoms with Crippen molar-refractivity contribution in [1.29, 1.82) is 0 Å². The van der Waals surface area contributed by atoms with E-state index in [0.717, 1.165) is 17.2 Å². The Hall–Kier alpha value is -2.82. The summed E-state index contributed by atoms with van der Waals surface area (Å²) in [6.07, 6.45) is -3.15. The first kappa shape index (κ1) is 31.1. The van der Waals surface area contributed by atoms with Gasteiger partial charge in [0.25, 0.3) is 0 Å². The predicted octanol–water partition coefficient (Wildman–Crippen LogP) is 5.14. The summed E-state index contributed by atoms with van der Waals surface area (Å²) in [4.78, 5) is 28.6. The molecular formula is C30H37ClF3N3O4. The largest absolute Gasteiger partial charge is 0.490 e. The van der Waals surface area contributed by atoms with Crippen molar-refractivity contribution in [2.24, 2.45) is 0 Å². The highest BCUT2D eigenvalue weighted by Gasteiger charge is 2.42. The molecule has 0 unspecified atom stereocenters. The van der Waals surface area contributed by atoms with Crippen LogP contribution < -0.4 is 10.1 Å². The lowest BCUT2D eigenvalue weighted by Crippen LogP contribution is -2.57. The molecule has 0 spiro atoms. The molecule has 41 heavy (non-hydrogen) atoms. The molecule has 224 valence electrons. The Kier molecular flexibility index (Phi) is 9.87. The number of ether oxygens (including phenoxy) is 2. The third-order valence-corrected chi connectivity index (χ3v) is 8.28. The number of piperidine rings is 1. The van der Waals surface area contributed by atoms with E-state index in [1.165, 1.54) is 19.1 Å². The van der Waals surface area contributed by atoms with Gasteiger partial charge in [0.2, 0.25) is 11.8 Å². The van der Waals surface area contributed by atoms with E-state index >= 15 is 0 Å². The molecule has 2 aromatic rings. The summed E-state index contributed by atoms with van der Waals surface area (Å²) < 4.78 is 53.5. The second kappa shape index (κ2) is 13.0. The molecule has 4 rings (SSSR count). The predicted molar refractivity (Wildman–Crippen MR) is 150 cm³/mol. The number of carbonyl (C=O) groups is 2. The molecule has 0 aromatic heterocycles. The van der Waals surface area contributed by atoms with Gasteiger partial charge in [0.1, 0.15) is 18.0 Å². The molecule has 0 saturated carbocycles. The zero-order valence-corrected chi connectivity index (χ0v) is 24.4. The van der Waals surface area contributed by atoms with Gasteiger partial charge in [0.15, 0.2) is 0 Å². The van der Waals surface area contributed by atoms with Crippen molar-refractivity contribution in [2.45, 2.75) is 64.4 Å². The van der Waals surface area contributed by atoms with E-state index in [-0.39, 0.29) is 56.1 Å². The fourth-order valence-corrected chi connectivity index (χ4v) is 5.74. The maximum absolute atomic E-state index is 13.7. The van der Waals surface area contributed by atoms with Crippen LogP contribution in [0.5, 0.6) is 5.75 Å². The number of hydrogen-bond donors (Lipinski definition) is 1. The van der Waals surface area contributed by atoms with Crippen LogP contribution in [0.25, 0.3) is 0 Å². The number of hydrogen-bond acceptors (Lipinski definition) is 5. The number of alkyl halides is 3. The Labute approximate surface area is 243 Å². The first-order chi connectivity index (χ1) is 19.3. The summed E-state index contributed by atoms with van der Waals surface area (Å²) in [6, 6.07) is 9.22. The molecule has 0 aliphatic carbocycles. The Morgan fingerprint density at radius 3 is 2.41 bits per heavy atom. The van der Waals surface area contributed by atoms with Gasteiger partial charge in [0, 0.05) is 50.7 Å². The third kappa shape index (κ3) is 8.14. The van der Waals surface area contributed by atoms with Crippen LogP contribution in [0.4, 0.5) is 13.2 Å². The Balaban J connectivity index is 1.52. The fraction of sp³-hybridized carbons (Fsp3) is 0.533. The number of benzene rings is 2. The molecule has 2 heterocycles. The normalized spacial score (nSPS) is 20.6. The van der Waals surface area contributed by atoms with Gasteiger partial charge < -0.3 is 19.7 Å². The van der Waals surface area contributed by atoms with Crippen LogP contribution in [-0.4, -0.2) is 72.6 Å². The van der Waals surface area contributed by atoms with E-state index < -0.39 is 17.3 Å². The Morgan fingerprint density at radius 1 is 1.12 bits per heavy atom. The average Bonchev–Trinajstić information content (AvgIpc) is 2.90. The van der Waals surface area contributed by atoms with E-state index in [0.29, 0.717) is 43.2 Å². The van der Waals surface area contributed by atoms with Crippen LogP contribution in [0.3, 0.4) is 0 Å². The Morgan fingerprint density at radius 2 is 1.78 bits per heavy atom. The van der Waals surface area contributed by atoms with Crippen LogP contribution in [0, 0.1) is 13.8 Å². The smallest absolute Gasteiger partial charge is 0.416 e. The number of morpholine rings is 1. The molecule has 1 N–H and O–H groups in total. The van der Waals surface area contributed by atoms with Gasteiger partial charge in [-0.2, -0.15) is 13.2 Å². The lowest BCUT2D eigenvalue weighted by molar-refractivity contribution is -0.158. The van der Waals surface area contributed by atoms with Crippen LogP contribution >= 0.6 is 11.6 Å². The Bertz CT molecular complexity index is 1230. The zero-order valence-electron chi connectivity index (χ0n) is 23.7. The van der Waals surface area contributed by atoms with Crippen molar-refractivity contribution in [3.8, 4) is 5.75 Å². The van der Waals surface area contributed by atoms with Gasteiger partial charge in [0.05, 0.1) is 18.6 Å². The van der Waals surface area contributed by atoms with E-state index in [1.54, 1.807) is 11.0 Å². The molecule has 0 radical (unpaired) electrons. The summed E-state index contributed by atoms with van der Waals surface area (Å²) in [5, 5.41) is 3.55. The highest BCUT2D eigenvalue weighted by atomic mass is 35.5. The molecule has 2 aliphatic rings. The number of aryl methyl sites for hydroxylation is 2. The van der Waals surface area contributed by atoms with Gasteiger partial charge in [-0.15, -0.1) is 0 Å². The number of halogens is 4. The van der Waals surface area contributed by atoms with Gasteiger partial charge in [-0.1, -0.05) is 29.8 Å². The van der Waals surface area contributed by atoms with E-state index in [9.17, 15) is 22.8 Å². The van der Waals surface area contributed by atoms with E-state index in [1.807, 2.05) is 30.9 Å². The van der Waals surface area contributed by atoms with Crippen LogP contribution in [0.15, 0.2) is 36.4 Å². The van der Waals surface area contributed by atoms with E-state index in [4.69, 9.17) is 21.1 Å². The van der Waals surface area contributed by atoms with Gasteiger partial charge in [-0.3, -0.25) is 14.5 Å². The highest BCUT2D eigenvalue weighted by molar-refractivity contribution is 6.32. The molecular weight excluding hydrogens is 559 g/mol. The lowest BCUT2D eigenvalue weighted by atomic mass is 9.95. The van der Waals surface area contributed by atoms with Gasteiger partial charge >= 0.3 is 6.18 Å². The average molecular weight is 596 g/mol. The first-order valence-electron chi connectivity index (χ1n) is 13.8. The van der Waals surface area contributed by atoms with Crippen molar-refractivity contribution in [3.05, 3.63) is 63.7 Å². The maximum Gasteiger partial charge on any atom is 0.416 e. The van der Waals surface area contributed by atoms with Crippen molar-refractivity contribution in [1.82, 2.24) is 15.1 Å². The molecule has 7 nitrogen and oxygen atoms in total. The molecule has 2 aromatic carbocycles. The molecule has 11 heteroatoms. The number of likely N-dealkylation sites (tertiary alicyclic amines) is 1. The topological polar surface area (TPSA) is 71.1 Å². The summed E-state index contributed by atoms with van der Waals surface area (Å²) in [6.45, 7) is 7.22. The van der Waals surface area contributed by atoms with Crippen LogP contribution in [0.2, 0.25) is 5.02 Å².